The van der Waals surface area contributed by atoms with Gasteiger partial charge in [0.15, 0.2) is 15.7 Å². The van der Waals surface area contributed by atoms with E-state index in [1.807, 2.05) is 0 Å². The Morgan fingerprint density at radius 1 is 1.60 bits per heavy atom. The normalized spacial score (nSPS) is 23.1. The third kappa shape index (κ3) is 3.22. The largest absolute Gasteiger partial charge is 0.386 e. The zero-order chi connectivity index (χ0) is 14.8. The first-order chi connectivity index (χ1) is 9.38. The van der Waals surface area contributed by atoms with E-state index >= 15 is 0 Å². The summed E-state index contributed by atoms with van der Waals surface area (Å²) < 4.78 is 33.4. The molecule has 1 aromatic rings. The van der Waals surface area contributed by atoms with E-state index in [1.165, 1.54) is 0 Å². The van der Waals surface area contributed by atoms with Crippen LogP contribution in [0.1, 0.15) is 19.8 Å². The number of nitrogens with one attached hydrogen (secondary N) is 1. The van der Waals surface area contributed by atoms with Crippen molar-refractivity contribution in [3.05, 3.63) is 0 Å². The van der Waals surface area contributed by atoms with Gasteiger partial charge < -0.3 is 20.9 Å². The van der Waals surface area contributed by atoms with Gasteiger partial charge in [0.1, 0.15) is 15.5 Å². The van der Waals surface area contributed by atoms with Gasteiger partial charge in [0.2, 0.25) is 0 Å². The highest BCUT2D eigenvalue weighted by Crippen LogP contribution is 2.33. The number of hydrogen-bond donors (Lipinski definition) is 3. The second-order valence-corrected chi connectivity index (χ2v) is 7.74. The molecule has 1 aliphatic heterocycles. The molecule has 1 aromatic heterocycles. The highest BCUT2D eigenvalue weighted by Gasteiger charge is 2.33. The van der Waals surface area contributed by atoms with Crippen molar-refractivity contribution in [1.29, 1.82) is 0 Å². The van der Waals surface area contributed by atoms with Crippen LogP contribution >= 0.6 is 11.5 Å². The Bertz CT molecular complexity index is 564. The van der Waals surface area contributed by atoms with Crippen molar-refractivity contribution in [2.45, 2.75) is 30.3 Å². The van der Waals surface area contributed by atoms with Gasteiger partial charge in [-0.2, -0.15) is 4.37 Å². The van der Waals surface area contributed by atoms with Gasteiger partial charge in [-0.1, -0.05) is 6.92 Å². The average molecular weight is 321 g/mol. The van der Waals surface area contributed by atoms with Crippen LogP contribution in [0.2, 0.25) is 0 Å². The Morgan fingerprint density at radius 3 is 2.95 bits per heavy atom. The number of hydrogen-bond acceptors (Lipinski definition) is 8. The molecule has 0 saturated carbocycles. The average Bonchev–Trinajstić information content (AvgIpc) is 2.94. The predicted molar refractivity (Wildman–Crippen MR) is 77.7 cm³/mol. The number of rotatable bonds is 6. The second kappa shape index (κ2) is 5.84. The fourth-order valence-corrected chi connectivity index (χ4v) is 4.67. The molecular weight excluding hydrogens is 302 g/mol. The molecule has 114 valence electrons. The molecule has 1 saturated heterocycles. The van der Waals surface area contributed by atoms with Gasteiger partial charge in [-0.25, -0.2) is 8.42 Å². The van der Waals surface area contributed by atoms with Gasteiger partial charge in [-0.05, 0) is 18.0 Å². The highest BCUT2D eigenvalue weighted by molar-refractivity contribution is 7.91. The molecule has 0 aromatic carbocycles. The molecule has 2 rings (SSSR count). The van der Waals surface area contributed by atoms with Crippen molar-refractivity contribution in [3.8, 4) is 0 Å². The molecule has 0 bridgehead atoms. The molecule has 1 fully saturated rings. The fraction of sp³-hybridized carbons (Fsp3) is 0.727. The van der Waals surface area contributed by atoms with Crippen molar-refractivity contribution in [2.24, 2.45) is 0 Å². The molecule has 0 amide bonds. The summed E-state index contributed by atoms with van der Waals surface area (Å²) in [7, 11) is -3.45. The maximum Gasteiger partial charge on any atom is 0.185 e. The van der Waals surface area contributed by atoms with E-state index in [9.17, 15) is 13.5 Å². The Hall–Kier alpha value is -0.900. The van der Waals surface area contributed by atoms with Gasteiger partial charge in [0.05, 0.1) is 12.4 Å². The lowest BCUT2D eigenvalue weighted by molar-refractivity contribution is 0.0382. The lowest BCUT2D eigenvalue weighted by atomic mass is 10.0. The van der Waals surface area contributed by atoms with E-state index in [2.05, 4.69) is 9.69 Å². The number of aromatic nitrogens is 1. The molecule has 0 aliphatic carbocycles. The van der Waals surface area contributed by atoms with Gasteiger partial charge in [0, 0.05) is 19.6 Å². The molecule has 20 heavy (non-hydrogen) atoms. The number of ether oxygens (including phenoxy) is 1. The number of nitrogens with two attached hydrogens (primary N) is 1. The van der Waals surface area contributed by atoms with E-state index in [0.717, 1.165) is 11.5 Å². The lowest BCUT2D eigenvalue weighted by Gasteiger charge is -2.21. The summed E-state index contributed by atoms with van der Waals surface area (Å²) in [4.78, 5) is 0.0480. The van der Waals surface area contributed by atoms with Crippen LogP contribution in [-0.2, 0) is 14.6 Å². The minimum absolute atomic E-state index is 0.0145. The summed E-state index contributed by atoms with van der Waals surface area (Å²) in [5.41, 5.74) is 4.70. The quantitative estimate of drug-likeness (QED) is 0.697. The van der Waals surface area contributed by atoms with Crippen LogP contribution in [0.25, 0.3) is 0 Å². The Morgan fingerprint density at radius 2 is 2.35 bits per heavy atom. The van der Waals surface area contributed by atoms with Crippen LogP contribution in [0.4, 0.5) is 10.8 Å². The van der Waals surface area contributed by atoms with Crippen LogP contribution in [0.15, 0.2) is 4.90 Å². The Kier molecular flexibility index (Phi) is 4.52. The van der Waals surface area contributed by atoms with Crippen LogP contribution < -0.4 is 11.1 Å². The zero-order valence-corrected chi connectivity index (χ0v) is 12.9. The van der Waals surface area contributed by atoms with Crippen LogP contribution in [0.5, 0.6) is 0 Å². The molecule has 1 unspecified atom stereocenters. The molecular formula is C11H19N3O4S2. The summed E-state index contributed by atoms with van der Waals surface area (Å²) in [6.07, 6.45) is 1.03. The molecule has 0 radical (unpaired) electrons. The molecule has 1 atom stereocenters. The van der Waals surface area contributed by atoms with Crippen molar-refractivity contribution in [2.75, 3.05) is 36.6 Å². The summed E-state index contributed by atoms with van der Waals surface area (Å²) in [5, 5.41) is 13.5. The van der Waals surface area contributed by atoms with Crippen LogP contribution in [0, 0.1) is 0 Å². The Balaban J connectivity index is 2.17. The van der Waals surface area contributed by atoms with E-state index in [0.29, 0.717) is 24.4 Å². The van der Waals surface area contributed by atoms with Crippen molar-refractivity contribution < 1.29 is 18.3 Å². The van der Waals surface area contributed by atoms with Gasteiger partial charge >= 0.3 is 0 Å². The van der Waals surface area contributed by atoms with E-state index in [1.54, 1.807) is 6.92 Å². The first-order valence-electron chi connectivity index (χ1n) is 6.40. The van der Waals surface area contributed by atoms with Gasteiger partial charge in [0.25, 0.3) is 0 Å². The summed E-state index contributed by atoms with van der Waals surface area (Å²) >= 11 is 0.994. The summed E-state index contributed by atoms with van der Waals surface area (Å²) in [6, 6.07) is 0. The van der Waals surface area contributed by atoms with E-state index < -0.39 is 15.4 Å². The number of sulfone groups is 1. The minimum Gasteiger partial charge on any atom is -0.386 e. The fourth-order valence-electron chi connectivity index (χ4n) is 2.06. The molecule has 4 N–H and O–H groups in total. The van der Waals surface area contributed by atoms with E-state index in [4.69, 9.17) is 10.5 Å². The molecule has 7 nitrogen and oxygen atoms in total. The molecule has 2 heterocycles. The molecule has 1 aliphatic rings. The maximum absolute atomic E-state index is 12.2. The second-order valence-electron chi connectivity index (χ2n) is 4.93. The highest BCUT2D eigenvalue weighted by atomic mass is 32.2. The molecule has 9 heteroatoms. The number of nitrogen functional groups attached to an aromatic ring is 1. The van der Waals surface area contributed by atoms with Crippen LogP contribution in [0.3, 0.4) is 0 Å². The third-order valence-electron chi connectivity index (χ3n) is 3.12. The van der Waals surface area contributed by atoms with E-state index in [-0.39, 0.29) is 29.6 Å². The monoisotopic (exact) mass is 321 g/mol. The maximum atomic E-state index is 12.2. The lowest BCUT2D eigenvalue weighted by Crippen LogP contribution is -2.37. The van der Waals surface area contributed by atoms with Crippen molar-refractivity contribution >= 4 is 32.2 Å². The topological polar surface area (TPSA) is 115 Å². The summed E-state index contributed by atoms with van der Waals surface area (Å²) in [5.74, 6) is 0.0399. The summed E-state index contributed by atoms with van der Waals surface area (Å²) in [6.45, 7) is 2.75. The SMILES string of the molecule is CCCS(=O)(=O)c1c(N)nsc1NCC1(O)CCOC1. The van der Waals surface area contributed by atoms with Crippen molar-refractivity contribution in [1.82, 2.24) is 4.37 Å². The minimum atomic E-state index is -3.45. The number of aliphatic hydroxyl groups is 1. The van der Waals surface area contributed by atoms with Crippen molar-refractivity contribution in [3.63, 3.8) is 0 Å². The third-order valence-corrected chi connectivity index (χ3v) is 6.05. The van der Waals surface area contributed by atoms with Gasteiger partial charge in [-0.3, -0.25) is 0 Å². The first-order valence-corrected chi connectivity index (χ1v) is 8.82. The zero-order valence-electron chi connectivity index (χ0n) is 11.3. The standard InChI is InChI=1S/C11H19N3O4S2/c1-2-5-20(16,17)8-9(12)14-19-10(8)13-6-11(15)3-4-18-7-11/h13,15H,2-7H2,1H3,(H2,12,14). The van der Waals surface area contributed by atoms with Gasteiger partial charge in [-0.15, -0.1) is 0 Å². The number of anilines is 2. The smallest absolute Gasteiger partial charge is 0.185 e. The number of nitrogens with zero attached hydrogens (tertiary/aromatic N) is 1. The predicted octanol–water partition coefficient (Wildman–Crippen LogP) is 0.472. The first kappa shape index (κ1) is 15.5. The molecule has 0 spiro atoms. The van der Waals surface area contributed by atoms with Crippen LogP contribution in [-0.4, -0.2) is 49.0 Å². The Labute approximate surface area is 122 Å².